The molecular formula is C23H25N3O2. The summed E-state index contributed by atoms with van der Waals surface area (Å²) >= 11 is 0. The van der Waals surface area contributed by atoms with Gasteiger partial charge in [-0.1, -0.05) is 18.2 Å². The van der Waals surface area contributed by atoms with E-state index in [9.17, 15) is 9.59 Å². The van der Waals surface area contributed by atoms with Gasteiger partial charge in [0.2, 0.25) is 5.91 Å². The first-order valence-electron chi connectivity index (χ1n) is 9.79. The molecule has 28 heavy (non-hydrogen) atoms. The van der Waals surface area contributed by atoms with Crippen LogP contribution in [0.15, 0.2) is 54.7 Å². The number of benzene rings is 2. The number of aryl methyl sites for hydroxylation is 1. The average Bonchev–Trinajstić information content (AvgIpc) is 3.35. The number of carbonyl (C=O) groups is 2. The minimum atomic E-state index is -0.0965. The number of nitrogens with zero attached hydrogens (tertiary/aromatic N) is 2. The zero-order valence-electron chi connectivity index (χ0n) is 16.3. The van der Waals surface area contributed by atoms with Crippen LogP contribution < -0.4 is 5.32 Å². The van der Waals surface area contributed by atoms with Gasteiger partial charge in [-0.3, -0.25) is 9.59 Å². The van der Waals surface area contributed by atoms with E-state index in [1.54, 1.807) is 4.90 Å². The van der Waals surface area contributed by atoms with E-state index in [0.717, 1.165) is 17.5 Å². The van der Waals surface area contributed by atoms with Crippen LogP contribution >= 0.6 is 0 Å². The zero-order valence-corrected chi connectivity index (χ0v) is 16.3. The molecule has 0 aliphatic carbocycles. The van der Waals surface area contributed by atoms with Crippen LogP contribution in [-0.2, 0) is 11.8 Å². The number of hydrogen-bond donors (Lipinski definition) is 1. The van der Waals surface area contributed by atoms with Crippen molar-refractivity contribution in [3.63, 3.8) is 0 Å². The van der Waals surface area contributed by atoms with E-state index in [0.29, 0.717) is 25.2 Å². The molecule has 2 heterocycles. The number of amides is 2. The van der Waals surface area contributed by atoms with Crippen molar-refractivity contribution >= 4 is 22.7 Å². The highest BCUT2D eigenvalue weighted by atomic mass is 16.2. The average molecular weight is 375 g/mol. The molecule has 1 saturated heterocycles. The summed E-state index contributed by atoms with van der Waals surface area (Å²) in [6.45, 7) is 3.66. The lowest BCUT2D eigenvalue weighted by molar-refractivity contribution is -0.124. The summed E-state index contributed by atoms with van der Waals surface area (Å²) in [7, 11) is 2.04. The third-order valence-electron chi connectivity index (χ3n) is 5.55. The van der Waals surface area contributed by atoms with Gasteiger partial charge < -0.3 is 14.8 Å². The molecule has 2 amide bonds. The van der Waals surface area contributed by atoms with Crippen molar-refractivity contribution < 1.29 is 9.59 Å². The van der Waals surface area contributed by atoms with Crippen LogP contribution in [0.4, 0.5) is 0 Å². The standard InChI is InChI=1S/C23H25N3O2/c1-3-24-22(27)20-11-13-26(15-20)23(28)17-6-4-16(5-7-17)18-8-9-21-19(14-18)10-12-25(21)2/h4-10,12,14,20H,3,11,13,15H2,1-2H3,(H,24,27)/t20-/m1/s1. The fourth-order valence-electron chi connectivity index (χ4n) is 3.93. The maximum absolute atomic E-state index is 12.8. The molecule has 1 aromatic heterocycles. The minimum Gasteiger partial charge on any atom is -0.356 e. The van der Waals surface area contributed by atoms with Crippen LogP contribution in [-0.4, -0.2) is 40.9 Å². The lowest BCUT2D eigenvalue weighted by Gasteiger charge is -2.16. The van der Waals surface area contributed by atoms with Crippen molar-refractivity contribution in [2.24, 2.45) is 13.0 Å². The Bertz CT molecular complexity index is 1020. The molecule has 0 bridgehead atoms. The van der Waals surface area contributed by atoms with E-state index in [-0.39, 0.29) is 17.7 Å². The minimum absolute atomic E-state index is 0.00291. The molecule has 1 N–H and O–H groups in total. The molecule has 2 aromatic carbocycles. The first kappa shape index (κ1) is 18.3. The van der Waals surface area contributed by atoms with Crippen LogP contribution in [0.3, 0.4) is 0 Å². The van der Waals surface area contributed by atoms with Crippen molar-refractivity contribution in [2.45, 2.75) is 13.3 Å². The number of hydrogen-bond acceptors (Lipinski definition) is 2. The third-order valence-corrected chi connectivity index (χ3v) is 5.55. The highest BCUT2D eigenvalue weighted by Crippen LogP contribution is 2.26. The van der Waals surface area contributed by atoms with Gasteiger partial charge in [0.15, 0.2) is 0 Å². The highest BCUT2D eigenvalue weighted by molar-refractivity contribution is 5.95. The Balaban J connectivity index is 1.48. The lowest BCUT2D eigenvalue weighted by Crippen LogP contribution is -2.34. The quantitative estimate of drug-likeness (QED) is 0.759. The van der Waals surface area contributed by atoms with Gasteiger partial charge in [-0.15, -0.1) is 0 Å². The third kappa shape index (κ3) is 3.40. The van der Waals surface area contributed by atoms with Crippen molar-refractivity contribution in [2.75, 3.05) is 19.6 Å². The molecular weight excluding hydrogens is 350 g/mol. The molecule has 3 aromatic rings. The van der Waals surface area contributed by atoms with Crippen molar-refractivity contribution in [1.82, 2.24) is 14.8 Å². The van der Waals surface area contributed by atoms with Crippen LogP contribution in [0, 0.1) is 5.92 Å². The fraction of sp³-hybridized carbons (Fsp3) is 0.304. The maximum Gasteiger partial charge on any atom is 0.253 e. The van der Waals surface area contributed by atoms with Crippen LogP contribution in [0.1, 0.15) is 23.7 Å². The molecule has 5 heteroatoms. The maximum atomic E-state index is 12.8. The number of aromatic nitrogens is 1. The smallest absolute Gasteiger partial charge is 0.253 e. The number of carbonyl (C=O) groups excluding carboxylic acids is 2. The summed E-state index contributed by atoms with van der Waals surface area (Å²) < 4.78 is 2.10. The lowest BCUT2D eigenvalue weighted by atomic mass is 10.0. The molecule has 5 nitrogen and oxygen atoms in total. The second-order valence-electron chi connectivity index (χ2n) is 7.41. The Kier molecular flexibility index (Phi) is 4.90. The number of likely N-dealkylation sites (tertiary alicyclic amines) is 1. The van der Waals surface area contributed by atoms with Crippen LogP contribution in [0.5, 0.6) is 0 Å². The Morgan fingerprint density at radius 3 is 2.57 bits per heavy atom. The summed E-state index contributed by atoms with van der Waals surface area (Å²) in [6.07, 6.45) is 2.78. The van der Waals surface area contributed by atoms with E-state index < -0.39 is 0 Å². The highest BCUT2D eigenvalue weighted by Gasteiger charge is 2.31. The van der Waals surface area contributed by atoms with Crippen molar-refractivity contribution in [1.29, 1.82) is 0 Å². The van der Waals surface area contributed by atoms with Gasteiger partial charge in [-0.05, 0) is 54.8 Å². The summed E-state index contributed by atoms with van der Waals surface area (Å²) in [6, 6.07) is 16.3. The van der Waals surface area contributed by atoms with Gasteiger partial charge >= 0.3 is 0 Å². The zero-order chi connectivity index (χ0) is 19.7. The second kappa shape index (κ2) is 7.50. The van der Waals surface area contributed by atoms with Crippen LogP contribution in [0.2, 0.25) is 0 Å². The second-order valence-corrected chi connectivity index (χ2v) is 7.41. The van der Waals surface area contributed by atoms with E-state index in [4.69, 9.17) is 0 Å². The van der Waals surface area contributed by atoms with E-state index in [1.807, 2.05) is 38.2 Å². The largest absolute Gasteiger partial charge is 0.356 e. The number of rotatable bonds is 4. The fourth-order valence-corrected chi connectivity index (χ4v) is 3.93. The van der Waals surface area contributed by atoms with Gasteiger partial charge in [0.25, 0.3) is 5.91 Å². The summed E-state index contributed by atoms with van der Waals surface area (Å²) in [4.78, 5) is 26.6. The molecule has 144 valence electrons. The molecule has 1 atom stereocenters. The molecule has 4 rings (SSSR count). The first-order valence-corrected chi connectivity index (χ1v) is 9.79. The normalized spacial score (nSPS) is 16.5. The Morgan fingerprint density at radius 2 is 1.82 bits per heavy atom. The van der Waals surface area contributed by atoms with Gasteiger partial charge in [-0.2, -0.15) is 0 Å². The van der Waals surface area contributed by atoms with E-state index in [1.165, 1.54) is 10.9 Å². The van der Waals surface area contributed by atoms with E-state index in [2.05, 4.69) is 40.3 Å². The molecule has 1 fully saturated rings. The van der Waals surface area contributed by atoms with Gasteiger partial charge in [0, 0.05) is 49.3 Å². The molecule has 0 spiro atoms. The summed E-state index contributed by atoms with van der Waals surface area (Å²) in [5.41, 5.74) is 4.09. The van der Waals surface area contributed by atoms with Gasteiger partial charge in [-0.25, -0.2) is 0 Å². The topological polar surface area (TPSA) is 54.3 Å². The van der Waals surface area contributed by atoms with Crippen LogP contribution in [0.25, 0.3) is 22.0 Å². The number of fused-ring (bicyclic) bond motifs is 1. The SMILES string of the molecule is CCNC(=O)[C@@H]1CCN(C(=O)c2ccc(-c3ccc4c(ccn4C)c3)cc2)C1. The van der Waals surface area contributed by atoms with Crippen molar-refractivity contribution in [3.8, 4) is 11.1 Å². The van der Waals surface area contributed by atoms with E-state index >= 15 is 0 Å². The Morgan fingerprint density at radius 1 is 1.07 bits per heavy atom. The molecule has 0 unspecified atom stereocenters. The van der Waals surface area contributed by atoms with Crippen molar-refractivity contribution in [3.05, 3.63) is 60.3 Å². The monoisotopic (exact) mass is 375 g/mol. The van der Waals surface area contributed by atoms with Gasteiger partial charge in [0.1, 0.15) is 0 Å². The van der Waals surface area contributed by atoms with Gasteiger partial charge in [0.05, 0.1) is 5.92 Å². The Hall–Kier alpha value is -3.08. The summed E-state index contributed by atoms with van der Waals surface area (Å²) in [5.74, 6) is -0.0536. The first-order chi connectivity index (χ1) is 13.6. The predicted molar refractivity (Wildman–Crippen MR) is 111 cm³/mol. The number of nitrogens with one attached hydrogen (secondary N) is 1. The predicted octanol–water partition coefficient (Wildman–Crippen LogP) is 3.44. The molecule has 0 saturated carbocycles. The summed E-state index contributed by atoms with van der Waals surface area (Å²) in [5, 5.41) is 4.05. The molecule has 1 aliphatic rings. The molecule has 0 radical (unpaired) electrons. The Labute approximate surface area is 165 Å². The molecule has 1 aliphatic heterocycles.